The molecule has 3 aliphatic rings. The van der Waals surface area contributed by atoms with Crippen LogP contribution in [0.1, 0.15) is 59.3 Å². The average molecular weight is 236 g/mol. The van der Waals surface area contributed by atoms with E-state index in [1.165, 1.54) is 38.5 Å². The molecule has 96 valence electrons. The summed E-state index contributed by atoms with van der Waals surface area (Å²) in [5, 5.41) is 0. The number of carbonyl (C=O) groups excluding carboxylic acids is 1. The van der Waals surface area contributed by atoms with Gasteiger partial charge in [0, 0.05) is 10.8 Å². The summed E-state index contributed by atoms with van der Waals surface area (Å²) < 4.78 is 5.63. The van der Waals surface area contributed by atoms with Crippen molar-refractivity contribution in [2.24, 2.45) is 22.2 Å². The van der Waals surface area contributed by atoms with Gasteiger partial charge in [-0.15, -0.1) is 0 Å². The first kappa shape index (κ1) is 11.6. The van der Waals surface area contributed by atoms with Gasteiger partial charge in [0.2, 0.25) is 0 Å². The summed E-state index contributed by atoms with van der Waals surface area (Å²) in [4.78, 5) is 10.9. The second-order valence-electron chi connectivity index (χ2n) is 7.28. The molecule has 0 radical (unpaired) electrons. The summed E-state index contributed by atoms with van der Waals surface area (Å²) in [6, 6.07) is 0. The van der Waals surface area contributed by atoms with E-state index in [-0.39, 0.29) is 11.5 Å². The summed E-state index contributed by atoms with van der Waals surface area (Å²) in [5.41, 5.74) is 0.839. The van der Waals surface area contributed by atoms with Crippen molar-refractivity contribution in [2.75, 3.05) is 0 Å². The third-order valence-electron chi connectivity index (χ3n) is 6.82. The van der Waals surface area contributed by atoms with Crippen LogP contribution in [0.3, 0.4) is 0 Å². The van der Waals surface area contributed by atoms with E-state index in [1.54, 1.807) is 0 Å². The number of fused-ring (bicyclic) bond motifs is 3. The first-order valence-electron chi connectivity index (χ1n) is 7.08. The summed E-state index contributed by atoms with van der Waals surface area (Å²) in [6.07, 6.45) is 7.92. The molecule has 3 saturated carbocycles. The summed E-state index contributed by atoms with van der Waals surface area (Å²) >= 11 is 0. The minimum Gasteiger partial charge on any atom is -0.463 e. The molecule has 0 N–H and O–H groups in total. The number of hydrogen-bond donors (Lipinski definition) is 0. The second kappa shape index (κ2) is 3.27. The minimum atomic E-state index is 0.170. The molecule has 3 aliphatic carbocycles. The molecule has 0 aliphatic heterocycles. The van der Waals surface area contributed by atoms with Gasteiger partial charge in [0.1, 0.15) is 6.10 Å². The zero-order valence-corrected chi connectivity index (χ0v) is 11.3. The third-order valence-corrected chi connectivity index (χ3v) is 6.82. The normalized spacial score (nSPS) is 45.4. The molecule has 2 nitrogen and oxygen atoms in total. The Balaban J connectivity index is 2.08. The van der Waals surface area contributed by atoms with Crippen LogP contribution in [0, 0.1) is 22.2 Å². The zero-order valence-electron chi connectivity index (χ0n) is 11.3. The van der Waals surface area contributed by atoms with Crippen LogP contribution in [-0.4, -0.2) is 12.6 Å². The molecule has 0 aromatic heterocycles. The van der Waals surface area contributed by atoms with Crippen LogP contribution < -0.4 is 0 Å². The van der Waals surface area contributed by atoms with Gasteiger partial charge < -0.3 is 4.74 Å². The van der Waals surface area contributed by atoms with Gasteiger partial charge in [0.15, 0.2) is 0 Å². The van der Waals surface area contributed by atoms with Crippen molar-refractivity contribution in [3.8, 4) is 0 Å². The van der Waals surface area contributed by atoms with E-state index < -0.39 is 0 Å². The van der Waals surface area contributed by atoms with E-state index in [2.05, 4.69) is 20.8 Å². The van der Waals surface area contributed by atoms with Crippen molar-refractivity contribution >= 4 is 6.47 Å². The Hall–Kier alpha value is -0.530. The van der Waals surface area contributed by atoms with Crippen molar-refractivity contribution in [1.29, 1.82) is 0 Å². The maximum atomic E-state index is 10.9. The molecule has 3 unspecified atom stereocenters. The molecule has 3 fully saturated rings. The molecule has 0 saturated heterocycles. The molecule has 2 heteroatoms. The van der Waals surface area contributed by atoms with Crippen LogP contribution >= 0.6 is 0 Å². The average Bonchev–Trinajstić information content (AvgIpc) is 2.84. The highest BCUT2D eigenvalue weighted by Gasteiger charge is 2.73. The highest BCUT2D eigenvalue weighted by Crippen LogP contribution is 2.76. The van der Waals surface area contributed by atoms with E-state index >= 15 is 0 Å². The Labute approximate surface area is 104 Å². The van der Waals surface area contributed by atoms with Gasteiger partial charge in [0.25, 0.3) is 6.47 Å². The van der Waals surface area contributed by atoms with Gasteiger partial charge in [-0.3, -0.25) is 4.79 Å². The third kappa shape index (κ3) is 1.10. The SMILES string of the molecule is CC1(C)C2CCC1(C)C(OC=O)C21CCCC1. The highest BCUT2D eigenvalue weighted by molar-refractivity contribution is 5.39. The van der Waals surface area contributed by atoms with Crippen molar-refractivity contribution in [3.05, 3.63) is 0 Å². The Morgan fingerprint density at radius 2 is 1.76 bits per heavy atom. The molecular weight excluding hydrogens is 212 g/mol. The topological polar surface area (TPSA) is 26.3 Å². The van der Waals surface area contributed by atoms with Crippen LogP contribution in [0.2, 0.25) is 0 Å². The number of hydrogen-bond acceptors (Lipinski definition) is 2. The minimum absolute atomic E-state index is 0.170. The van der Waals surface area contributed by atoms with Crippen LogP contribution in [0.25, 0.3) is 0 Å². The lowest BCUT2D eigenvalue weighted by atomic mass is 9.66. The Morgan fingerprint density at radius 3 is 2.35 bits per heavy atom. The molecule has 0 aromatic carbocycles. The van der Waals surface area contributed by atoms with E-state index in [0.29, 0.717) is 17.3 Å². The van der Waals surface area contributed by atoms with Crippen molar-refractivity contribution < 1.29 is 9.53 Å². The Morgan fingerprint density at radius 1 is 1.12 bits per heavy atom. The maximum absolute atomic E-state index is 10.9. The first-order valence-corrected chi connectivity index (χ1v) is 7.08. The Kier molecular flexibility index (Phi) is 2.22. The van der Waals surface area contributed by atoms with Crippen molar-refractivity contribution in [3.63, 3.8) is 0 Å². The van der Waals surface area contributed by atoms with Crippen LogP contribution in [-0.2, 0) is 9.53 Å². The van der Waals surface area contributed by atoms with Crippen molar-refractivity contribution in [1.82, 2.24) is 0 Å². The molecule has 0 amide bonds. The Bertz CT molecular complexity index is 341. The number of rotatable bonds is 2. The monoisotopic (exact) mass is 236 g/mol. The molecule has 3 rings (SSSR count). The second-order valence-corrected chi connectivity index (χ2v) is 7.28. The molecule has 0 heterocycles. The van der Waals surface area contributed by atoms with Gasteiger partial charge in [-0.1, -0.05) is 33.6 Å². The summed E-state index contributed by atoms with van der Waals surface area (Å²) in [5.74, 6) is 0.757. The standard InChI is InChI=1S/C15H24O2/c1-13(2)11-6-9-14(13,3)12(17-10-16)15(11)7-4-5-8-15/h10-12H,4-9H2,1-3H3. The van der Waals surface area contributed by atoms with E-state index in [4.69, 9.17) is 4.74 Å². The first-order chi connectivity index (χ1) is 7.99. The smallest absolute Gasteiger partial charge is 0.293 e. The number of ether oxygens (including phenoxy) is 1. The molecule has 3 atom stereocenters. The fourth-order valence-electron chi connectivity index (χ4n) is 5.80. The zero-order chi connectivity index (χ0) is 12.3. The largest absolute Gasteiger partial charge is 0.463 e. The molecule has 17 heavy (non-hydrogen) atoms. The fraction of sp³-hybridized carbons (Fsp3) is 0.933. The molecule has 0 aromatic rings. The van der Waals surface area contributed by atoms with E-state index in [1.807, 2.05) is 0 Å². The molecule has 2 bridgehead atoms. The maximum Gasteiger partial charge on any atom is 0.293 e. The lowest BCUT2D eigenvalue weighted by Gasteiger charge is -2.43. The fourth-order valence-corrected chi connectivity index (χ4v) is 5.80. The van der Waals surface area contributed by atoms with Crippen molar-refractivity contribution in [2.45, 2.75) is 65.4 Å². The van der Waals surface area contributed by atoms with E-state index in [9.17, 15) is 4.79 Å². The van der Waals surface area contributed by atoms with Gasteiger partial charge in [-0.25, -0.2) is 0 Å². The van der Waals surface area contributed by atoms with Crippen LogP contribution in [0.15, 0.2) is 0 Å². The predicted molar refractivity (Wildman–Crippen MR) is 66.5 cm³/mol. The quantitative estimate of drug-likeness (QED) is 0.685. The lowest BCUT2D eigenvalue weighted by Crippen LogP contribution is -2.44. The van der Waals surface area contributed by atoms with Gasteiger partial charge in [-0.05, 0) is 37.0 Å². The molecular formula is C15H24O2. The van der Waals surface area contributed by atoms with Crippen LogP contribution in [0.5, 0.6) is 0 Å². The van der Waals surface area contributed by atoms with Gasteiger partial charge >= 0.3 is 0 Å². The summed E-state index contributed by atoms with van der Waals surface area (Å²) in [7, 11) is 0. The lowest BCUT2D eigenvalue weighted by molar-refractivity contribution is -0.152. The number of carbonyl (C=O) groups is 1. The van der Waals surface area contributed by atoms with E-state index in [0.717, 1.165) is 5.92 Å². The van der Waals surface area contributed by atoms with Gasteiger partial charge in [-0.2, -0.15) is 0 Å². The van der Waals surface area contributed by atoms with Crippen LogP contribution in [0.4, 0.5) is 0 Å². The highest BCUT2D eigenvalue weighted by atomic mass is 16.5. The molecule has 1 spiro atoms. The van der Waals surface area contributed by atoms with Gasteiger partial charge in [0.05, 0.1) is 0 Å². The summed E-state index contributed by atoms with van der Waals surface area (Å²) in [6.45, 7) is 7.86. The predicted octanol–water partition coefficient (Wildman–Crippen LogP) is 3.54.